The van der Waals surface area contributed by atoms with Crippen LogP contribution in [0.4, 0.5) is 5.82 Å². The van der Waals surface area contributed by atoms with Crippen molar-refractivity contribution in [3.05, 3.63) is 6.20 Å². The zero-order valence-corrected chi connectivity index (χ0v) is 3.37. The predicted octanol–water partition coefficient (Wildman–Crippen LogP) is -1.35. The first kappa shape index (κ1) is 3.91. The summed E-state index contributed by atoms with van der Waals surface area (Å²) >= 11 is 0. The molecule has 0 saturated heterocycles. The molecule has 0 amide bonds. The van der Waals surface area contributed by atoms with Crippen molar-refractivity contribution in [1.82, 2.24) is 20.6 Å². The minimum Gasteiger partial charge on any atom is -0.380 e. The van der Waals surface area contributed by atoms with Gasteiger partial charge < -0.3 is 5.73 Å². The number of aromatic nitrogens is 4. The molecule has 1 rings (SSSR count). The van der Waals surface area contributed by atoms with Crippen LogP contribution < -0.4 is 5.73 Å². The smallest absolute Gasteiger partial charge is 0.178 e. The Morgan fingerprint density at radius 2 is 2.29 bits per heavy atom. The van der Waals surface area contributed by atoms with Gasteiger partial charge in [-0.1, -0.05) is 0 Å². The van der Waals surface area contributed by atoms with E-state index in [1.54, 1.807) is 0 Å². The Morgan fingerprint density at radius 1 is 1.43 bits per heavy atom. The number of anilines is 1. The third kappa shape index (κ3) is 0.783. The molecule has 0 bridgehead atoms. The molecule has 2 N–H and O–H groups in total. The van der Waals surface area contributed by atoms with Crippen molar-refractivity contribution in [3.8, 4) is 0 Å². The summed E-state index contributed by atoms with van der Waals surface area (Å²) in [6.07, 6.45) is 2.27. The normalized spacial score (nSPS) is 8.57. The van der Waals surface area contributed by atoms with Crippen LogP contribution in [0.3, 0.4) is 0 Å². The van der Waals surface area contributed by atoms with Crippen LogP contribution in [0, 0.1) is 6.20 Å². The molecular formula is C2H2N5. The zero-order valence-electron chi connectivity index (χ0n) is 3.37. The summed E-state index contributed by atoms with van der Waals surface area (Å²) in [6, 6.07) is 0. The van der Waals surface area contributed by atoms with E-state index >= 15 is 0 Å². The van der Waals surface area contributed by atoms with Gasteiger partial charge in [-0.25, -0.2) is 0 Å². The minimum absolute atomic E-state index is 0.162. The predicted molar refractivity (Wildman–Crippen MR) is 20.9 cm³/mol. The van der Waals surface area contributed by atoms with E-state index in [1.165, 1.54) is 0 Å². The molecule has 0 aliphatic heterocycles. The summed E-state index contributed by atoms with van der Waals surface area (Å²) in [7, 11) is 0. The lowest BCUT2D eigenvalue weighted by Crippen LogP contribution is -1.96. The average Bonchev–Trinajstić information content (AvgIpc) is 1.69. The highest BCUT2D eigenvalue weighted by Crippen LogP contribution is 1.77. The van der Waals surface area contributed by atoms with Crippen molar-refractivity contribution in [2.24, 2.45) is 0 Å². The molecule has 0 fully saturated rings. The summed E-state index contributed by atoms with van der Waals surface area (Å²) in [5.74, 6) is 0.162. The zero-order chi connectivity index (χ0) is 5.11. The number of nitrogen functional groups attached to an aromatic ring is 1. The molecule has 1 aromatic rings. The van der Waals surface area contributed by atoms with Gasteiger partial charge in [0.05, 0.1) is 0 Å². The highest BCUT2D eigenvalue weighted by atomic mass is 15.4. The van der Waals surface area contributed by atoms with E-state index in [9.17, 15) is 0 Å². The number of hydrogen-bond donors (Lipinski definition) is 1. The van der Waals surface area contributed by atoms with E-state index in [4.69, 9.17) is 5.73 Å². The Balaban J connectivity index is 3.02. The quantitative estimate of drug-likeness (QED) is 0.432. The topological polar surface area (TPSA) is 77.6 Å². The van der Waals surface area contributed by atoms with E-state index in [0.717, 1.165) is 0 Å². The number of nitrogens with two attached hydrogens (primary N) is 1. The molecule has 5 nitrogen and oxygen atoms in total. The van der Waals surface area contributed by atoms with Crippen molar-refractivity contribution < 1.29 is 0 Å². The largest absolute Gasteiger partial charge is 0.380 e. The summed E-state index contributed by atoms with van der Waals surface area (Å²) in [4.78, 5) is 0. The van der Waals surface area contributed by atoms with Gasteiger partial charge in [0.1, 0.15) is 0 Å². The maximum atomic E-state index is 5.03. The molecule has 0 atom stereocenters. The van der Waals surface area contributed by atoms with Crippen LogP contribution in [0.5, 0.6) is 0 Å². The van der Waals surface area contributed by atoms with E-state index in [-0.39, 0.29) is 5.82 Å². The molecule has 1 heterocycles. The van der Waals surface area contributed by atoms with Gasteiger partial charge in [-0.15, -0.1) is 10.2 Å². The molecule has 0 aliphatic rings. The molecule has 0 unspecified atom stereocenters. The van der Waals surface area contributed by atoms with Crippen LogP contribution in [0.1, 0.15) is 0 Å². The molecular weight excluding hydrogens is 94.1 g/mol. The van der Waals surface area contributed by atoms with Crippen molar-refractivity contribution >= 4 is 5.82 Å². The highest BCUT2D eigenvalue weighted by molar-refractivity contribution is 5.15. The highest BCUT2D eigenvalue weighted by Gasteiger charge is 1.79. The second-order valence-electron chi connectivity index (χ2n) is 0.876. The number of nitrogens with zero attached hydrogens (tertiary/aromatic N) is 4. The Labute approximate surface area is 39.6 Å². The first-order valence-electron chi connectivity index (χ1n) is 1.59. The van der Waals surface area contributed by atoms with E-state index in [2.05, 4.69) is 26.8 Å². The lowest BCUT2D eigenvalue weighted by molar-refractivity contribution is 0.765. The van der Waals surface area contributed by atoms with Crippen molar-refractivity contribution in [2.75, 3.05) is 5.73 Å². The third-order valence-electron chi connectivity index (χ3n) is 0.402. The van der Waals surface area contributed by atoms with Crippen LogP contribution in [-0.2, 0) is 0 Å². The van der Waals surface area contributed by atoms with Gasteiger partial charge >= 0.3 is 0 Å². The second kappa shape index (κ2) is 1.46. The maximum absolute atomic E-state index is 5.03. The van der Waals surface area contributed by atoms with Gasteiger partial charge in [-0.2, -0.15) is 0 Å². The Hall–Kier alpha value is -1.26. The van der Waals surface area contributed by atoms with Crippen molar-refractivity contribution in [2.45, 2.75) is 0 Å². The Morgan fingerprint density at radius 3 is 2.57 bits per heavy atom. The molecule has 0 aliphatic carbocycles. The van der Waals surface area contributed by atoms with Crippen LogP contribution >= 0.6 is 0 Å². The van der Waals surface area contributed by atoms with E-state index in [0.29, 0.717) is 0 Å². The van der Waals surface area contributed by atoms with E-state index in [1.807, 2.05) is 0 Å². The summed E-state index contributed by atoms with van der Waals surface area (Å²) < 4.78 is 0. The number of rotatable bonds is 0. The van der Waals surface area contributed by atoms with Crippen LogP contribution in [0.2, 0.25) is 0 Å². The summed E-state index contributed by atoms with van der Waals surface area (Å²) in [5, 5.41) is 12.7. The van der Waals surface area contributed by atoms with Gasteiger partial charge in [0, 0.05) is 0 Å². The maximum Gasteiger partial charge on any atom is 0.178 e. The second-order valence-corrected chi connectivity index (χ2v) is 0.876. The lowest BCUT2D eigenvalue weighted by Gasteiger charge is -1.77. The third-order valence-corrected chi connectivity index (χ3v) is 0.402. The molecule has 0 aromatic carbocycles. The van der Waals surface area contributed by atoms with Crippen molar-refractivity contribution in [1.29, 1.82) is 0 Å². The van der Waals surface area contributed by atoms with Crippen LogP contribution in [0.15, 0.2) is 0 Å². The molecule has 1 aromatic heterocycles. The fourth-order valence-corrected chi connectivity index (χ4v) is 0.184. The summed E-state index contributed by atoms with van der Waals surface area (Å²) in [5.41, 5.74) is 5.03. The van der Waals surface area contributed by atoms with Gasteiger partial charge in [0.2, 0.25) is 0 Å². The van der Waals surface area contributed by atoms with Crippen LogP contribution in [0.25, 0.3) is 0 Å². The van der Waals surface area contributed by atoms with Crippen molar-refractivity contribution in [3.63, 3.8) is 0 Å². The van der Waals surface area contributed by atoms with Gasteiger partial charge in [0.25, 0.3) is 0 Å². The summed E-state index contributed by atoms with van der Waals surface area (Å²) in [6.45, 7) is 0. The van der Waals surface area contributed by atoms with Crippen LogP contribution in [-0.4, -0.2) is 20.6 Å². The first-order valence-corrected chi connectivity index (χ1v) is 1.59. The lowest BCUT2D eigenvalue weighted by atomic mass is 10.8. The molecule has 1 radical (unpaired) electrons. The Kier molecular flexibility index (Phi) is 0.816. The number of hydrogen-bond acceptors (Lipinski definition) is 5. The monoisotopic (exact) mass is 96.0 g/mol. The van der Waals surface area contributed by atoms with E-state index < -0.39 is 0 Å². The SMILES string of the molecule is Nc1[c]nnnn1. The molecule has 35 valence electrons. The standard InChI is InChI=1S/C2H2N5/c3-2-1-4-6-7-5-2/h(H2,3,5,6). The van der Waals surface area contributed by atoms with Gasteiger partial charge in [-0.3, -0.25) is 0 Å². The average molecular weight is 96.1 g/mol. The fraction of sp³-hybridized carbons (Fsp3) is 0. The van der Waals surface area contributed by atoms with Gasteiger partial charge in [-0.05, 0) is 10.4 Å². The van der Waals surface area contributed by atoms with Gasteiger partial charge in [0.15, 0.2) is 12.0 Å². The molecule has 5 heteroatoms. The molecule has 0 saturated carbocycles. The molecule has 7 heavy (non-hydrogen) atoms. The molecule has 0 spiro atoms. The fourth-order valence-electron chi connectivity index (χ4n) is 0.184. The Bertz CT molecular complexity index is 136. The first-order chi connectivity index (χ1) is 3.39. The minimum atomic E-state index is 0.162.